The van der Waals surface area contributed by atoms with Gasteiger partial charge in [-0.2, -0.15) is 4.80 Å². The van der Waals surface area contributed by atoms with E-state index in [0.29, 0.717) is 17.8 Å². The van der Waals surface area contributed by atoms with Gasteiger partial charge in [-0.05, 0) is 53.2 Å². The van der Waals surface area contributed by atoms with Crippen molar-refractivity contribution in [1.82, 2.24) is 20.2 Å². The highest BCUT2D eigenvalue weighted by Gasteiger charge is 2.19. The maximum atomic E-state index is 12.4. The Balaban J connectivity index is 1.51. The molecule has 1 amide bonds. The van der Waals surface area contributed by atoms with Gasteiger partial charge >= 0.3 is 0 Å². The number of benzene rings is 2. The number of nitrogens with one attached hydrogen (secondary N) is 1. The molecule has 124 valence electrons. The number of amides is 1. The molecule has 2 heterocycles. The van der Waals surface area contributed by atoms with Gasteiger partial charge in [0, 0.05) is 21.3 Å². The van der Waals surface area contributed by atoms with E-state index in [1.807, 2.05) is 24.3 Å². The van der Waals surface area contributed by atoms with Crippen molar-refractivity contribution in [3.8, 4) is 11.4 Å². The summed E-state index contributed by atoms with van der Waals surface area (Å²) in [5.41, 5.74) is 2.94. The second-order valence-electron chi connectivity index (χ2n) is 5.67. The number of fused-ring (bicyclic) bond motifs is 1. The van der Waals surface area contributed by atoms with Gasteiger partial charge in [0.1, 0.15) is 6.54 Å². The number of nitrogens with zero attached hydrogens (tertiary/aromatic N) is 4. The number of carbonyl (C=O) groups excluding carboxylic acids is 2. The fourth-order valence-corrected chi connectivity index (χ4v) is 2.91. The zero-order chi connectivity index (χ0) is 17.4. The lowest BCUT2D eigenvalue weighted by Crippen LogP contribution is -2.13. The normalized spacial score (nSPS) is 12.8. The quantitative estimate of drug-likeness (QED) is 0.682. The molecule has 0 saturated carbocycles. The molecular weight excluding hydrogens is 386 g/mol. The highest BCUT2D eigenvalue weighted by molar-refractivity contribution is 9.10. The SMILES string of the molecule is O=C1Cc2cc(C(=O)Cn3nnc(-c4ccc(Br)cc4)n3)ccc2N1. The molecule has 3 aromatic rings. The molecule has 1 aliphatic heterocycles. The van der Waals surface area contributed by atoms with E-state index < -0.39 is 0 Å². The Morgan fingerprint density at radius 2 is 2.00 bits per heavy atom. The van der Waals surface area contributed by atoms with Crippen molar-refractivity contribution in [3.05, 3.63) is 58.1 Å². The van der Waals surface area contributed by atoms with E-state index in [-0.39, 0.29) is 18.2 Å². The van der Waals surface area contributed by atoms with Crippen molar-refractivity contribution < 1.29 is 9.59 Å². The van der Waals surface area contributed by atoms with E-state index in [1.54, 1.807) is 18.2 Å². The lowest BCUT2D eigenvalue weighted by molar-refractivity contribution is -0.115. The Hall–Kier alpha value is -2.87. The minimum atomic E-state index is -0.137. The summed E-state index contributed by atoms with van der Waals surface area (Å²) < 4.78 is 0.961. The Morgan fingerprint density at radius 1 is 1.20 bits per heavy atom. The molecule has 0 fully saturated rings. The first-order valence-corrected chi connectivity index (χ1v) is 8.37. The predicted molar refractivity (Wildman–Crippen MR) is 94.1 cm³/mol. The van der Waals surface area contributed by atoms with E-state index in [2.05, 4.69) is 36.7 Å². The van der Waals surface area contributed by atoms with Crippen molar-refractivity contribution in [1.29, 1.82) is 0 Å². The Morgan fingerprint density at radius 3 is 2.80 bits per heavy atom. The average Bonchev–Trinajstić information content (AvgIpc) is 3.20. The van der Waals surface area contributed by atoms with Crippen molar-refractivity contribution >= 4 is 33.3 Å². The molecule has 0 atom stereocenters. The number of tetrazole rings is 1. The van der Waals surface area contributed by atoms with Crippen molar-refractivity contribution in [2.75, 3.05) is 5.32 Å². The molecular formula is C17H12BrN5O2. The number of halogens is 1. The molecule has 1 N–H and O–H groups in total. The summed E-state index contributed by atoms with van der Waals surface area (Å²) in [6.45, 7) is -0.0102. The zero-order valence-electron chi connectivity index (χ0n) is 12.9. The number of hydrogen-bond donors (Lipinski definition) is 1. The first-order chi connectivity index (χ1) is 12.1. The Labute approximate surface area is 151 Å². The van der Waals surface area contributed by atoms with Crippen LogP contribution in [0.2, 0.25) is 0 Å². The molecule has 0 unspecified atom stereocenters. The fraction of sp³-hybridized carbons (Fsp3) is 0.118. The van der Waals surface area contributed by atoms with Crippen LogP contribution in [0.4, 0.5) is 5.69 Å². The third kappa shape index (κ3) is 3.20. The molecule has 25 heavy (non-hydrogen) atoms. The van der Waals surface area contributed by atoms with Crippen LogP contribution in [0.25, 0.3) is 11.4 Å². The lowest BCUT2D eigenvalue weighted by Gasteiger charge is -2.03. The molecule has 7 nitrogen and oxygen atoms in total. The number of hydrogen-bond acceptors (Lipinski definition) is 5. The van der Waals surface area contributed by atoms with Crippen molar-refractivity contribution in [2.24, 2.45) is 0 Å². The minimum absolute atomic E-state index is 0.0102. The van der Waals surface area contributed by atoms with Crippen LogP contribution >= 0.6 is 15.9 Å². The fourth-order valence-electron chi connectivity index (χ4n) is 2.65. The number of carbonyl (C=O) groups is 2. The third-order valence-electron chi connectivity index (χ3n) is 3.89. The first kappa shape index (κ1) is 15.6. The second kappa shape index (κ2) is 6.21. The van der Waals surface area contributed by atoms with Gasteiger partial charge in [-0.3, -0.25) is 9.59 Å². The van der Waals surface area contributed by atoms with Gasteiger partial charge in [0.25, 0.3) is 0 Å². The largest absolute Gasteiger partial charge is 0.326 e. The van der Waals surface area contributed by atoms with Crippen LogP contribution < -0.4 is 5.32 Å². The van der Waals surface area contributed by atoms with Crippen LogP contribution in [0.15, 0.2) is 46.9 Å². The van der Waals surface area contributed by atoms with Gasteiger partial charge in [0.05, 0.1) is 6.42 Å². The molecule has 0 spiro atoms. The second-order valence-corrected chi connectivity index (χ2v) is 6.59. The van der Waals surface area contributed by atoms with E-state index in [1.165, 1.54) is 4.80 Å². The summed E-state index contributed by atoms with van der Waals surface area (Å²) in [6.07, 6.45) is 0.297. The third-order valence-corrected chi connectivity index (χ3v) is 4.42. The van der Waals surface area contributed by atoms with Gasteiger partial charge in [0.15, 0.2) is 5.78 Å². The van der Waals surface area contributed by atoms with Crippen LogP contribution in [-0.4, -0.2) is 31.9 Å². The van der Waals surface area contributed by atoms with Gasteiger partial charge in [-0.25, -0.2) is 0 Å². The highest BCUT2D eigenvalue weighted by atomic mass is 79.9. The number of ketones is 1. The predicted octanol–water partition coefficient (Wildman–Crippen LogP) is 2.48. The smallest absolute Gasteiger partial charge is 0.228 e. The van der Waals surface area contributed by atoms with Crippen LogP contribution in [0, 0.1) is 0 Å². The summed E-state index contributed by atoms with van der Waals surface area (Å²) in [6, 6.07) is 12.7. The number of rotatable bonds is 4. The Bertz CT molecular complexity index is 981. The van der Waals surface area contributed by atoms with Gasteiger partial charge in [0.2, 0.25) is 11.7 Å². The Kier molecular flexibility index (Phi) is 3.89. The molecule has 0 saturated heterocycles. The average molecular weight is 398 g/mol. The first-order valence-electron chi connectivity index (χ1n) is 7.58. The van der Waals surface area contributed by atoms with Crippen LogP contribution in [-0.2, 0) is 17.8 Å². The zero-order valence-corrected chi connectivity index (χ0v) is 14.5. The van der Waals surface area contributed by atoms with Crippen LogP contribution in [0.3, 0.4) is 0 Å². The van der Waals surface area contributed by atoms with E-state index in [0.717, 1.165) is 21.3 Å². The standard InChI is InChI=1S/C17H12BrN5O2/c18-13-4-1-10(2-5-13)17-20-22-23(21-17)9-15(24)11-3-6-14-12(7-11)8-16(25)19-14/h1-7H,8-9H2,(H,19,25). The summed E-state index contributed by atoms with van der Waals surface area (Å²) in [7, 11) is 0. The topological polar surface area (TPSA) is 89.8 Å². The summed E-state index contributed by atoms with van der Waals surface area (Å²) in [5, 5.41) is 14.9. The van der Waals surface area contributed by atoms with E-state index in [4.69, 9.17) is 0 Å². The van der Waals surface area contributed by atoms with Crippen LogP contribution in [0.1, 0.15) is 15.9 Å². The molecule has 0 aliphatic carbocycles. The molecule has 1 aromatic heterocycles. The lowest BCUT2D eigenvalue weighted by atomic mass is 10.1. The molecule has 0 radical (unpaired) electrons. The maximum Gasteiger partial charge on any atom is 0.228 e. The summed E-state index contributed by atoms with van der Waals surface area (Å²) in [5.74, 6) is 0.266. The molecule has 2 aromatic carbocycles. The van der Waals surface area contributed by atoms with Gasteiger partial charge in [-0.1, -0.05) is 15.9 Å². The maximum absolute atomic E-state index is 12.4. The van der Waals surface area contributed by atoms with E-state index in [9.17, 15) is 9.59 Å². The molecule has 4 rings (SSSR count). The van der Waals surface area contributed by atoms with E-state index >= 15 is 0 Å². The van der Waals surface area contributed by atoms with Crippen molar-refractivity contribution in [3.63, 3.8) is 0 Å². The monoisotopic (exact) mass is 397 g/mol. The number of aromatic nitrogens is 4. The molecule has 8 heteroatoms. The van der Waals surface area contributed by atoms with Crippen LogP contribution in [0.5, 0.6) is 0 Å². The molecule has 1 aliphatic rings. The highest BCUT2D eigenvalue weighted by Crippen LogP contribution is 2.24. The van der Waals surface area contributed by atoms with Gasteiger partial charge in [-0.15, -0.1) is 10.2 Å². The minimum Gasteiger partial charge on any atom is -0.326 e. The number of Topliss-reactive ketones (excluding diaryl/α,β-unsaturated/α-hetero) is 1. The van der Waals surface area contributed by atoms with Gasteiger partial charge < -0.3 is 5.32 Å². The summed E-state index contributed by atoms with van der Waals surface area (Å²) >= 11 is 3.37. The number of anilines is 1. The van der Waals surface area contributed by atoms with Crippen molar-refractivity contribution in [2.45, 2.75) is 13.0 Å². The summed E-state index contributed by atoms with van der Waals surface area (Å²) in [4.78, 5) is 25.1. The molecule has 0 bridgehead atoms.